The Bertz CT molecular complexity index is 703. The van der Waals surface area contributed by atoms with Gasteiger partial charge in [0.15, 0.2) is 5.82 Å². The Kier molecular flexibility index (Phi) is 4.65. The van der Waals surface area contributed by atoms with Crippen molar-refractivity contribution in [1.82, 2.24) is 20.5 Å². The molecule has 0 aliphatic carbocycles. The predicted octanol–water partition coefficient (Wildman–Crippen LogP) is 0.789. The van der Waals surface area contributed by atoms with Gasteiger partial charge in [0.25, 0.3) is 0 Å². The number of hydrogen-bond acceptors (Lipinski definition) is 9. The van der Waals surface area contributed by atoms with E-state index in [4.69, 9.17) is 14.4 Å². The van der Waals surface area contributed by atoms with Gasteiger partial charge in [-0.3, -0.25) is 5.32 Å². The van der Waals surface area contributed by atoms with Crippen LogP contribution in [0.15, 0.2) is 16.7 Å². The number of nitrogens with zero attached hydrogens (tertiary/aromatic N) is 4. The molecule has 120 valence electrons. The van der Waals surface area contributed by atoms with Crippen LogP contribution in [0.25, 0.3) is 0 Å². The van der Waals surface area contributed by atoms with E-state index in [9.17, 15) is 0 Å². The Morgan fingerprint density at radius 3 is 3.13 bits per heavy atom. The minimum atomic E-state index is 0.123. The summed E-state index contributed by atoms with van der Waals surface area (Å²) in [5.74, 6) is 0.611. The molecule has 2 aromatic heterocycles. The molecule has 1 aliphatic heterocycles. The Hall–Kier alpha value is -2.70. The summed E-state index contributed by atoms with van der Waals surface area (Å²) in [6, 6.07) is 3.89. The normalized spacial score (nSPS) is 17.5. The van der Waals surface area contributed by atoms with Gasteiger partial charge in [-0.1, -0.05) is 0 Å². The highest BCUT2D eigenvalue weighted by molar-refractivity contribution is 5.57. The zero-order valence-electron chi connectivity index (χ0n) is 12.7. The van der Waals surface area contributed by atoms with Crippen molar-refractivity contribution in [3.05, 3.63) is 23.7 Å². The Balaban J connectivity index is 1.64. The fraction of sp³-hybridized carbons (Fsp3) is 0.429. The minimum absolute atomic E-state index is 0.123. The molecule has 9 nitrogen and oxygen atoms in total. The Morgan fingerprint density at radius 1 is 1.48 bits per heavy atom. The number of nitriles is 1. The van der Waals surface area contributed by atoms with Gasteiger partial charge in [-0.15, -0.1) is 5.10 Å². The number of nitrogens with one attached hydrogen (secondary N) is 3. The highest BCUT2D eigenvalue weighted by Gasteiger charge is 2.14. The number of aromatic nitrogens is 3. The third-order valence-corrected chi connectivity index (χ3v) is 3.35. The number of oxazole rings is 1. The molecule has 3 N–H and O–H groups in total. The maximum Gasteiger partial charge on any atom is 0.301 e. The van der Waals surface area contributed by atoms with Crippen molar-refractivity contribution in [1.29, 1.82) is 5.26 Å². The van der Waals surface area contributed by atoms with E-state index in [1.54, 1.807) is 0 Å². The monoisotopic (exact) mass is 315 g/mol. The van der Waals surface area contributed by atoms with Gasteiger partial charge in [0.1, 0.15) is 6.07 Å². The van der Waals surface area contributed by atoms with E-state index in [1.165, 1.54) is 6.20 Å². The first-order valence-electron chi connectivity index (χ1n) is 7.28. The van der Waals surface area contributed by atoms with E-state index >= 15 is 0 Å². The van der Waals surface area contributed by atoms with E-state index in [0.717, 1.165) is 31.1 Å². The lowest BCUT2D eigenvalue weighted by Crippen LogP contribution is -2.42. The van der Waals surface area contributed by atoms with Crippen LogP contribution in [0.2, 0.25) is 0 Å². The van der Waals surface area contributed by atoms with Gasteiger partial charge < -0.3 is 19.8 Å². The second-order valence-corrected chi connectivity index (χ2v) is 5.07. The summed E-state index contributed by atoms with van der Waals surface area (Å²) in [5.41, 5.74) is 1.63. The summed E-state index contributed by atoms with van der Waals surface area (Å²) in [4.78, 5) is 3.94. The van der Waals surface area contributed by atoms with E-state index in [1.807, 2.05) is 19.1 Å². The van der Waals surface area contributed by atoms with Gasteiger partial charge in [0.2, 0.25) is 5.76 Å². The van der Waals surface area contributed by atoms with Gasteiger partial charge in [0.05, 0.1) is 30.3 Å². The molecule has 1 aliphatic rings. The molecule has 1 saturated heterocycles. The van der Waals surface area contributed by atoms with Crippen LogP contribution < -0.4 is 16.0 Å². The second-order valence-electron chi connectivity index (χ2n) is 5.07. The first-order valence-corrected chi connectivity index (χ1v) is 7.28. The number of aryl methyl sites for hydroxylation is 1. The van der Waals surface area contributed by atoms with E-state index in [-0.39, 0.29) is 17.9 Å². The number of hydrogen-bond donors (Lipinski definition) is 3. The van der Waals surface area contributed by atoms with Crippen LogP contribution in [0.5, 0.6) is 0 Å². The molecule has 1 atom stereocenters. The summed E-state index contributed by atoms with van der Waals surface area (Å²) in [7, 11) is 0. The van der Waals surface area contributed by atoms with Crippen molar-refractivity contribution >= 4 is 17.5 Å². The first kappa shape index (κ1) is 15.2. The molecule has 9 heteroatoms. The average Bonchev–Trinajstić information content (AvgIpc) is 3.04. The quantitative estimate of drug-likeness (QED) is 0.735. The molecule has 0 bridgehead atoms. The molecule has 0 aromatic carbocycles. The van der Waals surface area contributed by atoms with Gasteiger partial charge in [-0.2, -0.15) is 10.4 Å². The van der Waals surface area contributed by atoms with E-state index in [0.29, 0.717) is 12.4 Å². The van der Waals surface area contributed by atoms with Crippen LogP contribution in [-0.4, -0.2) is 47.5 Å². The maximum atomic E-state index is 8.72. The second kappa shape index (κ2) is 7.04. The van der Waals surface area contributed by atoms with Crippen molar-refractivity contribution in [2.75, 3.05) is 36.9 Å². The molecule has 1 unspecified atom stereocenters. The molecule has 23 heavy (non-hydrogen) atoms. The van der Waals surface area contributed by atoms with Crippen LogP contribution in [-0.2, 0) is 4.74 Å². The molecule has 3 rings (SSSR count). The number of anilines is 3. The number of rotatable bonds is 5. The number of morpholine rings is 1. The topological polar surface area (TPSA) is 121 Å². The molecule has 0 saturated carbocycles. The zero-order valence-corrected chi connectivity index (χ0v) is 12.7. The van der Waals surface area contributed by atoms with Gasteiger partial charge >= 0.3 is 6.01 Å². The van der Waals surface area contributed by atoms with Crippen LogP contribution >= 0.6 is 0 Å². The largest absolute Gasteiger partial charge is 0.412 e. The van der Waals surface area contributed by atoms with E-state index < -0.39 is 0 Å². The molecular formula is C14H17N7O2. The van der Waals surface area contributed by atoms with Crippen molar-refractivity contribution in [3.8, 4) is 6.07 Å². The van der Waals surface area contributed by atoms with Gasteiger partial charge in [0, 0.05) is 25.7 Å². The van der Waals surface area contributed by atoms with Crippen LogP contribution in [0.4, 0.5) is 17.5 Å². The summed E-state index contributed by atoms with van der Waals surface area (Å²) >= 11 is 0. The molecule has 0 radical (unpaired) electrons. The highest BCUT2D eigenvalue weighted by atomic mass is 16.5. The van der Waals surface area contributed by atoms with Crippen LogP contribution in [0.1, 0.15) is 11.5 Å². The summed E-state index contributed by atoms with van der Waals surface area (Å²) in [5, 5.41) is 26.3. The summed E-state index contributed by atoms with van der Waals surface area (Å²) in [6.45, 7) is 4.98. The third kappa shape index (κ3) is 3.94. The average molecular weight is 315 g/mol. The summed E-state index contributed by atoms with van der Waals surface area (Å²) in [6.07, 6.45) is 1.47. The first-order chi connectivity index (χ1) is 11.2. The standard InChI is InChI=1S/C14H17N7O2/c1-9-12(17-8-11-6-16-2-3-22-11)4-13(21-20-9)19-14-18-7-10(5-15)23-14/h4,7,11,16H,2-3,6,8H2,1H3,(H2,17,18,19,21). The lowest BCUT2D eigenvalue weighted by Gasteiger charge is -2.24. The van der Waals surface area contributed by atoms with Crippen molar-refractivity contribution in [2.24, 2.45) is 0 Å². The number of ether oxygens (including phenoxy) is 1. The molecule has 3 heterocycles. The fourth-order valence-corrected chi connectivity index (χ4v) is 2.16. The van der Waals surface area contributed by atoms with Crippen LogP contribution in [0, 0.1) is 18.3 Å². The third-order valence-electron chi connectivity index (χ3n) is 3.35. The maximum absolute atomic E-state index is 8.72. The molecular weight excluding hydrogens is 298 g/mol. The smallest absolute Gasteiger partial charge is 0.301 e. The fourth-order valence-electron chi connectivity index (χ4n) is 2.16. The molecule has 1 fully saturated rings. The van der Waals surface area contributed by atoms with Crippen LogP contribution in [0.3, 0.4) is 0 Å². The van der Waals surface area contributed by atoms with Crippen molar-refractivity contribution < 1.29 is 9.15 Å². The zero-order chi connectivity index (χ0) is 16.1. The molecule has 2 aromatic rings. The van der Waals surface area contributed by atoms with Gasteiger partial charge in [-0.25, -0.2) is 4.98 Å². The minimum Gasteiger partial charge on any atom is -0.412 e. The van der Waals surface area contributed by atoms with E-state index in [2.05, 4.69) is 31.1 Å². The SMILES string of the molecule is Cc1nnc(Nc2ncc(C#N)o2)cc1NCC1CNCCO1. The van der Waals surface area contributed by atoms with Gasteiger partial charge in [-0.05, 0) is 6.92 Å². The predicted molar refractivity (Wildman–Crippen MR) is 82.4 cm³/mol. The molecule has 0 amide bonds. The Morgan fingerprint density at radius 2 is 2.39 bits per heavy atom. The lowest BCUT2D eigenvalue weighted by molar-refractivity contribution is 0.0372. The van der Waals surface area contributed by atoms with Crippen molar-refractivity contribution in [3.63, 3.8) is 0 Å². The summed E-state index contributed by atoms with van der Waals surface area (Å²) < 4.78 is 10.8. The highest BCUT2D eigenvalue weighted by Crippen LogP contribution is 2.19. The lowest BCUT2D eigenvalue weighted by atomic mass is 10.2. The Labute approximate surface area is 133 Å². The van der Waals surface area contributed by atoms with Crippen molar-refractivity contribution in [2.45, 2.75) is 13.0 Å². The molecule has 0 spiro atoms.